The first-order valence-electron chi connectivity index (χ1n) is 3.91. The maximum Gasteiger partial charge on any atom is 0.200 e. The third-order valence-corrected chi connectivity index (χ3v) is 2.56. The summed E-state index contributed by atoms with van der Waals surface area (Å²) in [6.07, 6.45) is 1.69. The molecule has 6 heteroatoms. The van der Waals surface area contributed by atoms with Gasteiger partial charge in [-0.25, -0.2) is 9.67 Å². The average molecular weight is 227 g/mol. The SMILES string of the molecule is N=c1scnn1Cc1ccc(Cl)nc1. The molecule has 0 aromatic carbocycles. The molecule has 72 valence electrons. The van der Waals surface area contributed by atoms with E-state index in [1.165, 1.54) is 11.3 Å². The highest BCUT2D eigenvalue weighted by molar-refractivity contribution is 7.06. The summed E-state index contributed by atoms with van der Waals surface area (Å²) >= 11 is 6.96. The maximum absolute atomic E-state index is 7.51. The Morgan fingerprint density at radius 3 is 2.93 bits per heavy atom. The van der Waals surface area contributed by atoms with E-state index in [1.54, 1.807) is 22.5 Å². The van der Waals surface area contributed by atoms with Crippen LogP contribution < -0.4 is 4.80 Å². The van der Waals surface area contributed by atoms with Gasteiger partial charge in [-0.2, -0.15) is 5.10 Å². The van der Waals surface area contributed by atoms with E-state index in [0.717, 1.165) is 5.56 Å². The van der Waals surface area contributed by atoms with Gasteiger partial charge >= 0.3 is 0 Å². The second-order valence-electron chi connectivity index (χ2n) is 2.69. The van der Waals surface area contributed by atoms with Crippen LogP contribution in [0, 0.1) is 5.41 Å². The predicted octanol–water partition coefficient (Wildman–Crippen LogP) is 1.52. The second-order valence-corrected chi connectivity index (χ2v) is 3.91. The molecule has 4 nitrogen and oxygen atoms in total. The normalized spacial score (nSPS) is 10.4. The number of nitrogens with one attached hydrogen (secondary N) is 1. The Kier molecular flexibility index (Phi) is 2.60. The zero-order valence-corrected chi connectivity index (χ0v) is 8.72. The van der Waals surface area contributed by atoms with Crippen LogP contribution in [-0.2, 0) is 6.54 Å². The van der Waals surface area contributed by atoms with Crippen molar-refractivity contribution in [1.29, 1.82) is 5.41 Å². The van der Waals surface area contributed by atoms with E-state index in [1.807, 2.05) is 6.07 Å². The van der Waals surface area contributed by atoms with Crippen molar-refractivity contribution in [2.75, 3.05) is 0 Å². The van der Waals surface area contributed by atoms with Crippen LogP contribution in [0.5, 0.6) is 0 Å². The van der Waals surface area contributed by atoms with E-state index in [-0.39, 0.29) is 0 Å². The van der Waals surface area contributed by atoms with Crippen LogP contribution in [0.1, 0.15) is 5.56 Å². The molecule has 1 N–H and O–H groups in total. The van der Waals surface area contributed by atoms with E-state index >= 15 is 0 Å². The molecule has 2 heterocycles. The van der Waals surface area contributed by atoms with E-state index in [2.05, 4.69) is 10.1 Å². The molecule has 14 heavy (non-hydrogen) atoms. The van der Waals surface area contributed by atoms with Crippen LogP contribution in [0.15, 0.2) is 23.8 Å². The van der Waals surface area contributed by atoms with Gasteiger partial charge in [0, 0.05) is 6.20 Å². The number of pyridine rings is 1. The van der Waals surface area contributed by atoms with Gasteiger partial charge in [0.15, 0.2) is 4.80 Å². The number of hydrogen-bond donors (Lipinski definition) is 1. The summed E-state index contributed by atoms with van der Waals surface area (Å²) in [4.78, 5) is 4.39. The molecule has 0 fully saturated rings. The highest BCUT2D eigenvalue weighted by Gasteiger charge is 1.98. The first-order chi connectivity index (χ1) is 6.75. The molecule has 0 saturated heterocycles. The lowest BCUT2D eigenvalue weighted by Gasteiger charge is -2.00. The van der Waals surface area contributed by atoms with Crippen molar-refractivity contribution in [2.45, 2.75) is 6.54 Å². The molecule has 0 amide bonds. The highest BCUT2D eigenvalue weighted by Crippen LogP contribution is 2.05. The van der Waals surface area contributed by atoms with Crippen LogP contribution in [-0.4, -0.2) is 14.8 Å². The van der Waals surface area contributed by atoms with Crippen LogP contribution in [0.2, 0.25) is 5.15 Å². The van der Waals surface area contributed by atoms with Gasteiger partial charge in [-0.3, -0.25) is 5.41 Å². The summed E-state index contributed by atoms with van der Waals surface area (Å²) < 4.78 is 1.61. The molecular weight excluding hydrogens is 220 g/mol. The van der Waals surface area contributed by atoms with Crippen LogP contribution in [0.3, 0.4) is 0 Å². The lowest BCUT2D eigenvalue weighted by Crippen LogP contribution is -2.15. The van der Waals surface area contributed by atoms with Crippen LogP contribution in [0.4, 0.5) is 0 Å². The molecule has 2 aromatic rings. The first-order valence-corrected chi connectivity index (χ1v) is 5.17. The lowest BCUT2D eigenvalue weighted by atomic mass is 10.3. The fourth-order valence-electron chi connectivity index (χ4n) is 1.03. The molecule has 0 spiro atoms. The smallest absolute Gasteiger partial charge is 0.200 e. The zero-order chi connectivity index (χ0) is 9.97. The summed E-state index contributed by atoms with van der Waals surface area (Å²) in [7, 11) is 0. The number of aromatic nitrogens is 3. The monoisotopic (exact) mass is 226 g/mol. The van der Waals surface area contributed by atoms with Gasteiger partial charge in [0.25, 0.3) is 0 Å². The van der Waals surface area contributed by atoms with E-state index in [4.69, 9.17) is 17.0 Å². The van der Waals surface area contributed by atoms with E-state index < -0.39 is 0 Å². The van der Waals surface area contributed by atoms with Crippen LogP contribution in [0.25, 0.3) is 0 Å². The molecule has 0 aliphatic rings. The quantitative estimate of drug-likeness (QED) is 0.790. The van der Waals surface area contributed by atoms with Crippen molar-refractivity contribution >= 4 is 22.9 Å². The van der Waals surface area contributed by atoms with E-state index in [0.29, 0.717) is 16.5 Å². The Balaban J connectivity index is 2.23. The lowest BCUT2D eigenvalue weighted by molar-refractivity contribution is 0.647. The fraction of sp³-hybridized carbons (Fsp3) is 0.125. The summed E-state index contributed by atoms with van der Waals surface area (Å²) in [5.74, 6) is 0. The standard InChI is InChI=1S/C8H7ClN4S/c9-7-2-1-6(3-11-7)4-13-8(10)14-5-12-13/h1-3,5,10H,4H2. The number of hydrogen-bond acceptors (Lipinski definition) is 4. The minimum atomic E-state index is 0.431. The van der Waals surface area contributed by atoms with Crippen molar-refractivity contribution in [2.24, 2.45) is 0 Å². The van der Waals surface area contributed by atoms with Gasteiger partial charge in [0.2, 0.25) is 0 Å². The summed E-state index contributed by atoms with van der Waals surface area (Å²) in [6, 6.07) is 3.61. The van der Waals surface area contributed by atoms with Crippen molar-refractivity contribution in [3.8, 4) is 0 Å². The number of halogens is 1. The third kappa shape index (κ3) is 2.00. The van der Waals surface area contributed by atoms with Crippen molar-refractivity contribution in [1.82, 2.24) is 14.8 Å². The molecule has 0 unspecified atom stereocenters. The summed E-state index contributed by atoms with van der Waals surface area (Å²) in [5.41, 5.74) is 2.63. The highest BCUT2D eigenvalue weighted by atomic mass is 35.5. The average Bonchev–Trinajstić information content (AvgIpc) is 2.56. The van der Waals surface area contributed by atoms with Gasteiger partial charge in [-0.05, 0) is 11.6 Å². The topological polar surface area (TPSA) is 54.6 Å². The number of nitrogens with zero attached hydrogens (tertiary/aromatic N) is 3. The summed E-state index contributed by atoms with van der Waals surface area (Å²) in [6.45, 7) is 0.562. The minimum absolute atomic E-state index is 0.431. The molecular formula is C8H7ClN4S. The van der Waals surface area contributed by atoms with Gasteiger partial charge in [0.1, 0.15) is 10.7 Å². The fourth-order valence-corrected chi connectivity index (χ4v) is 1.64. The summed E-state index contributed by atoms with van der Waals surface area (Å²) in [5, 5.41) is 12.0. The van der Waals surface area contributed by atoms with E-state index in [9.17, 15) is 0 Å². The largest absolute Gasteiger partial charge is 0.274 e. The Labute approximate surface area is 89.3 Å². The molecule has 0 aliphatic carbocycles. The Hall–Kier alpha value is -1.20. The Bertz CT molecular complexity index is 473. The van der Waals surface area contributed by atoms with Crippen LogP contribution >= 0.6 is 22.9 Å². The predicted molar refractivity (Wildman–Crippen MR) is 54.3 cm³/mol. The number of rotatable bonds is 2. The molecule has 0 radical (unpaired) electrons. The van der Waals surface area contributed by atoms with Gasteiger partial charge in [0.05, 0.1) is 6.54 Å². The molecule has 0 atom stereocenters. The molecule has 0 bridgehead atoms. The maximum atomic E-state index is 7.51. The zero-order valence-electron chi connectivity index (χ0n) is 7.14. The van der Waals surface area contributed by atoms with Gasteiger partial charge in [-0.15, -0.1) is 0 Å². The molecule has 0 aliphatic heterocycles. The third-order valence-electron chi connectivity index (χ3n) is 1.71. The first kappa shape index (κ1) is 9.36. The second kappa shape index (κ2) is 3.89. The molecule has 2 rings (SSSR count). The van der Waals surface area contributed by atoms with Crippen molar-refractivity contribution < 1.29 is 0 Å². The van der Waals surface area contributed by atoms with Gasteiger partial charge in [-0.1, -0.05) is 29.0 Å². The van der Waals surface area contributed by atoms with Gasteiger partial charge < -0.3 is 0 Å². The van der Waals surface area contributed by atoms with Crippen molar-refractivity contribution in [3.05, 3.63) is 39.4 Å². The Morgan fingerprint density at radius 2 is 2.36 bits per heavy atom. The minimum Gasteiger partial charge on any atom is -0.274 e. The molecule has 0 saturated carbocycles. The Morgan fingerprint density at radius 1 is 1.50 bits per heavy atom. The van der Waals surface area contributed by atoms with Crippen molar-refractivity contribution in [3.63, 3.8) is 0 Å². The molecule has 2 aromatic heterocycles.